The smallest absolute Gasteiger partial charge is 0.305 e. The summed E-state index contributed by atoms with van der Waals surface area (Å²) in [4.78, 5) is 25.1. The molecule has 81 heavy (non-hydrogen) atoms. The van der Waals surface area contributed by atoms with Gasteiger partial charge in [-0.25, -0.2) is 0 Å². The lowest BCUT2D eigenvalue weighted by molar-refractivity contribution is -0.302. The number of rotatable bonds is 60. The Hall–Kier alpha value is -2.38. The van der Waals surface area contributed by atoms with Crippen molar-refractivity contribution in [3.05, 3.63) is 48.6 Å². The summed E-state index contributed by atoms with van der Waals surface area (Å²) in [5.41, 5.74) is 0. The maximum Gasteiger partial charge on any atom is 0.305 e. The van der Waals surface area contributed by atoms with E-state index >= 15 is 0 Å². The van der Waals surface area contributed by atoms with Crippen molar-refractivity contribution >= 4 is 11.9 Å². The third kappa shape index (κ3) is 48.5. The Morgan fingerprint density at radius 1 is 0.444 bits per heavy atom. The van der Waals surface area contributed by atoms with E-state index in [-0.39, 0.29) is 18.5 Å². The van der Waals surface area contributed by atoms with Crippen molar-refractivity contribution in [1.29, 1.82) is 0 Å². The summed E-state index contributed by atoms with van der Waals surface area (Å²) in [5, 5.41) is 54.4. The summed E-state index contributed by atoms with van der Waals surface area (Å²) in [6, 6.07) is -0.826. The van der Waals surface area contributed by atoms with Crippen LogP contribution >= 0.6 is 0 Å². The van der Waals surface area contributed by atoms with Crippen LogP contribution in [0.15, 0.2) is 48.6 Å². The highest BCUT2D eigenvalue weighted by molar-refractivity contribution is 5.76. The molecule has 0 spiro atoms. The molecule has 1 aliphatic heterocycles. The number of hydrogen-bond acceptors (Lipinski definition) is 10. The van der Waals surface area contributed by atoms with Gasteiger partial charge < -0.3 is 45.1 Å². The Labute approximate surface area is 497 Å². The van der Waals surface area contributed by atoms with Gasteiger partial charge in [0, 0.05) is 12.8 Å². The van der Waals surface area contributed by atoms with E-state index in [1.54, 1.807) is 6.08 Å². The standard InChI is InChI=1S/C70H129NO10/c1-3-5-7-9-11-13-15-37-40-44-48-52-56-63(73)62(61-80-70-69(78)68(77)67(76)64(60-72)81-70)71-65(74)57-53-49-45-41-38-34-32-30-28-26-24-22-20-18-16-17-19-21-23-25-27-29-31-33-35-39-43-47-51-55-59-79-66(75)58-54-50-46-42-36-14-12-10-8-6-4-2/h10,12,17,19,37,40,52,56,62-64,67-70,72-73,76-78H,3-9,11,13-16,18,20-36,38-39,41-51,53-55,57-61H2,1-2H3,(H,71,74)/b12-10-,19-17-,40-37+,56-52+. The quantitative estimate of drug-likeness (QED) is 0.0195. The summed E-state index contributed by atoms with van der Waals surface area (Å²) in [5.74, 6) is -0.193. The molecule has 1 saturated heterocycles. The third-order valence-electron chi connectivity index (χ3n) is 16.1. The largest absolute Gasteiger partial charge is 0.466 e. The minimum Gasteiger partial charge on any atom is -0.466 e. The SMILES string of the molecule is CCCC/C=C\CCCCCCCC(=O)OCCCCCCCCCCCCCC/C=C\CCCCCCCCCCCCCCCCC(=O)NC(COC1OC(CO)C(O)C(O)C1O)C(O)/C=C/CC/C=C/CCCCCCCC. The summed E-state index contributed by atoms with van der Waals surface area (Å²) < 4.78 is 16.7. The number of hydrogen-bond donors (Lipinski definition) is 6. The Balaban J connectivity index is 1.98. The maximum absolute atomic E-state index is 13.0. The van der Waals surface area contributed by atoms with Crippen molar-refractivity contribution in [1.82, 2.24) is 5.32 Å². The van der Waals surface area contributed by atoms with Gasteiger partial charge in [-0.2, -0.15) is 0 Å². The van der Waals surface area contributed by atoms with E-state index in [2.05, 4.69) is 55.6 Å². The lowest BCUT2D eigenvalue weighted by atomic mass is 9.99. The third-order valence-corrected chi connectivity index (χ3v) is 16.1. The fraction of sp³-hybridized carbons (Fsp3) is 0.857. The molecule has 0 aliphatic carbocycles. The molecule has 11 nitrogen and oxygen atoms in total. The van der Waals surface area contributed by atoms with Gasteiger partial charge >= 0.3 is 5.97 Å². The molecule has 1 aliphatic rings. The number of carbonyl (C=O) groups excluding carboxylic acids is 2. The van der Waals surface area contributed by atoms with Gasteiger partial charge in [0.1, 0.15) is 24.4 Å². The fourth-order valence-corrected chi connectivity index (χ4v) is 10.7. The van der Waals surface area contributed by atoms with E-state index in [0.29, 0.717) is 19.4 Å². The number of amides is 1. The summed E-state index contributed by atoms with van der Waals surface area (Å²) in [6.07, 6.45) is 66.7. The van der Waals surface area contributed by atoms with Crippen LogP contribution in [0, 0.1) is 0 Å². The highest BCUT2D eigenvalue weighted by Crippen LogP contribution is 2.23. The zero-order chi connectivity index (χ0) is 58.7. The number of aliphatic hydroxyl groups excluding tert-OH is 5. The summed E-state index contributed by atoms with van der Waals surface area (Å²) >= 11 is 0. The molecule has 0 saturated carbocycles. The number of ether oxygens (including phenoxy) is 3. The first-order chi connectivity index (χ1) is 39.7. The van der Waals surface area contributed by atoms with Crippen LogP contribution in [0.5, 0.6) is 0 Å². The summed E-state index contributed by atoms with van der Waals surface area (Å²) in [6.45, 7) is 4.30. The minimum absolute atomic E-state index is 0.00274. The number of allylic oxidation sites excluding steroid dienone is 7. The van der Waals surface area contributed by atoms with Crippen LogP contribution in [0.1, 0.15) is 322 Å². The minimum atomic E-state index is -1.58. The molecule has 6 N–H and O–H groups in total. The monoisotopic (exact) mass is 1140 g/mol. The second kappa shape index (κ2) is 59.4. The molecule has 1 heterocycles. The Bertz CT molecular complexity index is 1480. The van der Waals surface area contributed by atoms with Crippen LogP contribution in [-0.2, 0) is 23.8 Å². The maximum atomic E-state index is 13.0. The van der Waals surface area contributed by atoms with Crippen molar-refractivity contribution in [2.24, 2.45) is 0 Å². The first-order valence-electron chi connectivity index (χ1n) is 34.4. The van der Waals surface area contributed by atoms with Gasteiger partial charge in [0.15, 0.2) is 6.29 Å². The Morgan fingerprint density at radius 2 is 0.815 bits per heavy atom. The molecule has 0 aromatic heterocycles. The number of unbranched alkanes of at least 4 members (excludes halogenated alkanes) is 40. The highest BCUT2D eigenvalue weighted by Gasteiger charge is 2.44. The van der Waals surface area contributed by atoms with Gasteiger partial charge in [-0.05, 0) is 89.9 Å². The first-order valence-corrected chi connectivity index (χ1v) is 34.4. The second-order valence-corrected chi connectivity index (χ2v) is 23.9. The molecule has 0 radical (unpaired) electrons. The van der Waals surface area contributed by atoms with Gasteiger partial charge in [0.05, 0.1) is 32.0 Å². The van der Waals surface area contributed by atoms with Crippen LogP contribution in [0.2, 0.25) is 0 Å². The average Bonchev–Trinajstić information content (AvgIpc) is 3.52. The topological polar surface area (TPSA) is 175 Å². The highest BCUT2D eigenvalue weighted by atomic mass is 16.7. The van der Waals surface area contributed by atoms with Crippen molar-refractivity contribution in [3.63, 3.8) is 0 Å². The normalized spacial score (nSPS) is 18.5. The molecular weight excluding hydrogens is 1010 g/mol. The lowest BCUT2D eigenvalue weighted by Crippen LogP contribution is -2.60. The zero-order valence-electron chi connectivity index (χ0n) is 52.5. The predicted molar refractivity (Wildman–Crippen MR) is 338 cm³/mol. The van der Waals surface area contributed by atoms with Crippen molar-refractivity contribution in [2.45, 2.75) is 365 Å². The molecule has 11 heteroatoms. The van der Waals surface area contributed by atoms with E-state index in [4.69, 9.17) is 14.2 Å². The molecule has 0 aromatic carbocycles. The Morgan fingerprint density at radius 3 is 1.26 bits per heavy atom. The van der Waals surface area contributed by atoms with Gasteiger partial charge in [-0.1, -0.05) is 268 Å². The molecular formula is C70H129NO10. The molecule has 1 rings (SSSR count). The Kier molecular flexibility index (Phi) is 56.2. The zero-order valence-corrected chi connectivity index (χ0v) is 52.5. The molecule has 1 fully saturated rings. The lowest BCUT2D eigenvalue weighted by Gasteiger charge is -2.40. The number of esters is 1. The van der Waals surface area contributed by atoms with Gasteiger partial charge in [0.2, 0.25) is 5.91 Å². The van der Waals surface area contributed by atoms with Crippen molar-refractivity contribution < 1.29 is 49.3 Å². The first kappa shape index (κ1) is 76.6. The van der Waals surface area contributed by atoms with E-state index in [9.17, 15) is 35.1 Å². The molecule has 7 atom stereocenters. The van der Waals surface area contributed by atoms with Crippen molar-refractivity contribution in [2.75, 3.05) is 19.8 Å². The second-order valence-electron chi connectivity index (χ2n) is 23.9. The summed E-state index contributed by atoms with van der Waals surface area (Å²) in [7, 11) is 0. The average molecular weight is 1140 g/mol. The number of nitrogens with one attached hydrogen (secondary N) is 1. The van der Waals surface area contributed by atoms with E-state index in [1.165, 1.54) is 238 Å². The van der Waals surface area contributed by atoms with Crippen LogP contribution in [0.25, 0.3) is 0 Å². The van der Waals surface area contributed by atoms with Gasteiger partial charge in [-0.15, -0.1) is 0 Å². The van der Waals surface area contributed by atoms with E-state index in [1.807, 2.05) is 6.08 Å². The van der Waals surface area contributed by atoms with Crippen LogP contribution < -0.4 is 5.32 Å². The molecule has 0 aromatic rings. The van der Waals surface area contributed by atoms with Gasteiger partial charge in [0.25, 0.3) is 0 Å². The molecule has 474 valence electrons. The van der Waals surface area contributed by atoms with Crippen LogP contribution in [-0.4, -0.2) is 100 Å². The van der Waals surface area contributed by atoms with E-state index in [0.717, 1.165) is 57.8 Å². The number of carbonyl (C=O) groups is 2. The van der Waals surface area contributed by atoms with E-state index < -0.39 is 49.5 Å². The predicted octanol–water partition coefficient (Wildman–Crippen LogP) is 17.2. The molecule has 1 amide bonds. The molecule has 7 unspecified atom stereocenters. The van der Waals surface area contributed by atoms with Crippen LogP contribution in [0.3, 0.4) is 0 Å². The van der Waals surface area contributed by atoms with Crippen molar-refractivity contribution in [3.8, 4) is 0 Å². The van der Waals surface area contributed by atoms with Crippen LogP contribution in [0.4, 0.5) is 0 Å². The molecule has 0 bridgehead atoms. The number of aliphatic hydroxyl groups is 5. The fourth-order valence-electron chi connectivity index (χ4n) is 10.7. The van der Waals surface area contributed by atoms with Gasteiger partial charge in [-0.3, -0.25) is 9.59 Å².